The minimum Gasteiger partial charge on any atom is -0.267 e. The molecule has 2 aromatic rings. The maximum absolute atomic E-state index is 11.8. The van der Waals surface area contributed by atoms with Crippen molar-refractivity contribution in [2.45, 2.75) is 20.3 Å². The van der Waals surface area contributed by atoms with Gasteiger partial charge in [0.2, 0.25) is 0 Å². The third-order valence-corrected chi connectivity index (χ3v) is 3.03. The van der Waals surface area contributed by atoms with Crippen molar-refractivity contribution in [3.05, 3.63) is 65.5 Å². The standard InChI is InChI=1S/C16H17N3O/c1-3-13-6-8-14(9-7-13)12(2)18-19-16(20)15-5-4-10-17-11-15/h4-11H,3H2,1-2H3,(H,19,20). The van der Waals surface area contributed by atoms with Crippen LogP contribution in [-0.2, 0) is 6.42 Å². The van der Waals surface area contributed by atoms with Crippen molar-refractivity contribution in [3.63, 3.8) is 0 Å². The summed E-state index contributed by atoms with van der Waals surface area (Å²) in [6, 6.07) is 11.6. The molecule has 4 nitrogen and oxygen atoms in total. The summed E-state index contributed by atoms with van der Waals surface area (Å²) in [5.41, 5.74) is 6.07. The molecule has 0 spiro atoms. The van der Waals surface area contributed by atoms with Crippen LogP contribution >= 0.6 is 0 Å². The number of hydrazone groups is 1. The van der Waals surface area contributed by atoms with E-state index in [0.29, 0.717) is 5.56 Å². The summed E-state index contributed by atoms with van der Waals surface area (Å²) < 4.78 is 0. The number of hydrogen-bond acceptors (Lipinski definition) is 3. The van der Waals surface area contributed by atoms with Crippen LogP contribution in [-0.4, -0.2) is 16.6 Å². The van der Waals surface area contributed by atoms with Gasteiger partial charge in [0.1, 0.15) is 0 Å². The quantitative estimate of drug-likeness (QED) is 0.684. The van der Waals surface area contributed by atoms with Gasteiger partial charge in [-0.15, -0.1) is 0 Å². The summed E-state index contributed by atoms with van der Waals surface area (Å²) in [5, 5.41) is 4.12. The monoisotopic (exact) mass is 267 g/mol. The molecule has 0 aliphatic heterocycles. The first-order valence-electron chi connectivity index (χ1n) is 6.54. The summed E-state index contributed by atoms with van der Waals surface area (Å²) in [6.45, 7) is 3.98. The number of nitrogens with one attached hydrogen (secondary N) is 1. The highest BCUT2D eigenvalue weighted by atomic mass is 16.2. The van der Waals surface area contributed by atoms with E-state index in [-0.39, 0.29) is 5.91 Å². The van der Waals surface area contributed by atoms with Gasteiger partial charge in [-0.25, -0.2) is 5.43 Å². The number of rotatable bonds is 4. The molecule has 0 fully saturated rings. The molecule has 0 aliphatic carbocycles. The molecule has 4 heteroatoms. The molecular weight excluding hydrogens is 250 g/mol. The lowest BCUT2D eigenvalue weighted by atomic mass is 10.1. The number of aryl methyl sites for hydroxylation is 1. The zero-order chi connectivity index (χ0) is 14.4. The maximum Gasteiger partial charge on any atom is 0.272 e. The van der Waals surface area contributed by atoms with Crippen LogP contribution in [0, 0.1) is 0 Å². The van der Waals surface area contributed by atoms with Crippen LogP contribution < -0.4 is 5.43 Å². The van der Waals surface area contributed by atoms with E-state index in [9.17, 15) is 4.79 Å². The zero-order valence-electron chi connectivity index (χ0n) is 11.6. The van der Waals surface area contributed by atoms with Gasteiger partial charge in [-0.1, -0.05) is 31.2 Å². The summed E-state index contributed by atoms with van der Waals surface area (Å²) in [6.07, 6.45) is 4.14. The molecule has 1 N–H and O–H groups in total. The second kappa shape index (κ2) is 6.61. The van der Waals surface area contributed by atoms with E-state index in [1.807, 2.05) is 19.1 Å². The van der Waals surface area contributed by atoms with Crippen LogP contribution in [0.3, 0.4) is 0 Å². The second-order valence-corrected chi connectivity index (χ2v) is 4.43. The minimum absolute atomic E-state index is 0.261. The molecule has 0 saturated carbocycles. The number of hydrogen-bond donors (Lipinski definition) is 1. The Labute approximate surface area is 118 Å². The van der Waals surface area contributed by atoms with Crippen molar-refractivity contribution >= 4 is 11.6 Å². The van der Waals surface area contributed by atoms with Crippen LogP contribution in [0.1, 0.15) is 35.3 Å². The highest BCUT2D eigenvalue weighted by Gasteiger charge is 2.04. The molecular formula is C16H17N3O. The number of amides is 1. The Balaban J connectivity index is 2.05. The van der Waals surface area contributed by atoms with E-state index < -0.39 is 0 Å². The van der Waals surface area contributed by atoms with E-state index in [2.05, 4.69) is 34.6 Å². The SMILES string of the molecule is CCc1ccc(C(C)=NNC(=O)c2cccnc2)cc1. The normalized spacial score (nSPS) is 11.2. The van der Waals surface area contributed by atoms with Gasteiger partial charge in [0, 0.05) is 12.4 Å². The topological polar surface area (TPSA) is 54.4 Å². The van der Waals surface area contributed by atoms with Gasteiger partial charge in [0.25, 0.3) is 5.91 Å². The lowest BCUT2D eigenvalue weighted by Crippen LogP contribution is -2.19. The molecule has 0 radical (unpaired) electrons. The third kappa shape index (κ3) is 3.51. The fourth-order valence-corrected chi connectivity index (χ4v) is 1.74. The predicted molar refractivity (Wildman–Crippen MR) is 79.7 cm³/mol. The van der Waals surface area contributed by atoms with Gasteiger partial charge in [-0.3, -0.25) is 9.78 Å². The first-order valence-corrected chi connectivity index (χ1v) is 6.54. The molecule has 0 atom stereocenters. The van der Waals surface area contributed by atoms with Crippen molar-refractivity contribution in [1.82, 2.24) is 10.4 Å². The number of pyridine rings is 1. The largest absolute Gasteiger partial charge is 0.272 e. The van der Waals surface area contributed by atoms with E-state index in [0.717, 1.165) is 17.7 Å². The van der Waals surface area contributed by atoms with Crippen molar-refractivity contribution in [2.24, 2.45) is 5.10 Å². The summed E-state index contributed by atoms with van der Waals surface area (Å²) >= 11 is 0. The molecule has 0 aliphatic rings. The van der Waals surface area contributed by atoms with Gasteiger partial charge < -0.3 is 0 Å². The fraction of sp³-hybridized carbons (Fsp3) is 0.188. The Morgan fingerprint density at radius 3 is 2.55 bits per heavy atom. The Bertz CT molecular complexity index is 603. The van der Waals surface area contributed by atoms with E-state index in [1.54, 1.807) is 18.3 Å². The van der Waals surface area contributed by atoms with Crippen LogP contribution in [0.25, 0.3) is 0 Å². The minimum atomic E-state index is -0.261. The molecule has 0 bridgehead atoms. The van der Waals surface area contributed by atoms with Gasteiger partial charge >= 0.3 is 0 Å². The molecule has 0 saturated heterocycles. The average Bonchev–Trinajstić information content (AvgIpc) is 2.53. The molecule has 102 valence electrons. The van der Waals surface area contributed by atoms with Crippen molar-refractivity contribution in [1.29, 1.82) is 0 Å². The van der Waals surface area contributed by atoms with Crippen molar-refractivity contribution < 1.29 is 4.79 Å². The number of nitrogens with zero attached hydrogens (tertiary/aromatic N) is 2. The maximum atomic E-state index is 11.8. The highest BCUT2D eigenvalue weighted by Crippen LogP contribution is 2.06. The molecule has 1 amide bonds. The van der Waals surface area contributed by atoms with Crippen molar-refractivity contribution in [2.75, 3.05) is 0 Å². The second-order valence-electron chi connectivity index (χ2n) is 4.43. The first kappa shape index (κ1) is 13.9. The smallest absolute Gasteiger partial charge is 0.267 e. The zero-order valence-corrected chi connectivity index (χ0v) is 11.6. The molecule has 20 heavy (non-hydrogen) atoms. The average molecular weight is 267 g/mol. The lowest BCUT2D eigenvalue weighted by molar-refractivity contribution is 0.0954. The molecule has 1 heterocycles. The van der Waals surface area contributed by atoms with E-state index in [1.165, 1.54) is 11.8 Å². The number of benzene rings is 1. The van der Waals surface area contributed by atoms with Crippen LogP contribution in [0.15, 0.2) is 53.9 Å². The number of aromatic nitrogens is 1. The van der Waals surface area contributed by atoms with Gasteiger partial charge in [-0.05, 0) is 36.6 Å². The van der Waals surface area contributed by atoms with Gasteiger partial charge in [0.05, 0.1) is 11.3 Å². The van der Waals surface area contributed by atoms with Gasteiger partial charge in [0.15, 0.2) is 0 Å². The highest BCUT2D eigenvalue weighted by molar-refractivity contribution is 6.00. The molecule has 2 rings (SSSR count). The summed E-state index contributed by atoms with van der Waals surface area (Å²) in [7, 11) is 0. The fourth-order valence-electron chi connectivity index (χ4n) is 1.74. The van der Waals surface area contributed by atoms with Crippen LogP contribution in [0.4, 0.5) is 0 Å². The van der Waals surface area contributed by atoms with Gasteiger partial charge in [-0.2, -0.15) is 5.10 Å². The molecule has 1 aromatic heterocycles. The van der Waals surface area contributed by atoms with Crippen LogP contribution in [0.2, 0.25) is 0 Å². The Hall–Kier alpha value is -2.49. The number of carbonyl (C=O) groups excluding carboxylic acids is 1. The summed E-state index contributed by atoms with van der Waals surface area (Å²) in [5.74, 6) is -0.261. The molecule has 1 aromatic carbocycles. The third-order valence-electron chi connectivity index (χ3n) is 3.03. The lowest BCUT2D eigenvalue weighted by Gasteiger charge is -2.04. The van der Waals surface area contributed by atoms with Crippen molar-refractivity contribution in [3.8, 4) is 0 Å². The Morgan fingerprint density at radius 2 is 1.95 bits per heavy atom. The Kier molecular flexibility index (Phi) is 4.60. The summed E-state index contributed by atoms with van der Waals surface area (Å²) in [4.78, 5) is 15.7. The number of carbonyl (C=O) groups is 1. The van der Waals surface area contributed by atoms with E-state index in [4.69, 9.17) is 0 Å². The Morgan fingerprint density at radius 1 is 1.20 bits per heavy atom. The van der Waals surface area contributed by atoms with E-state index >= 15 is 0 Å². The first-order chi connectivity index (χ1) is 9.70. The predicted octanol–water partition coefficient (Wildman–Crippen LogP) is 2.80. The molecule has 0 unspecified atom stereocenters. The van der Waals surface area contributed by atoms with Crippen LogP contribution in [0.5, 0.6) is 0 Å².